The van der Waals surface area contributed by atoms with Crippen molar-refractivity contribution in [3.05, 3.63) is 48.7 Å². The van der Waals surface area contributed by atoms with Gasteiger partial charge in [0.2, 0.25) is 5.75 Å². The van der Waals surface area contributed by atoms with Crippen LogP contribution in [0.15, 0.2) is 24.4 Å². The Morgan fingerprint density at radius 1 is 1.32 bits per heavy atom. The standard InChI is InChI=1S/C12H5ClF3IN2O3/c13-7-3-6(12(14,15)16)4-18-10(7)5-1-8(17)11(20)9(2-5)19(21)22/h1-4,20H. The smallest absolute Gasteiger partial charge is 0.417 e. The second-order valence-electron chi connectivity index (χ2n) is 4.14. The van der Waals surface area contributed by atoms with Gasteiger partial charge in [0.25, 0.3) is 0 Å². The largest absolute Gasteiger partial charge is 0.501 e. The van der Waals surface area contributed by atoms with E-state index in [0.717, 1.165) is 6.07 Å². The number of nitro groups is 1. The Bertz CT molecular complexity index is 768. The molecule has 22 heavy (non-hydrogen) atoms. The number of benzene rings is 1. The predicted octanol–water partition coefficient (Wildman–Crippen LogP) is 4.64. The third-order valence-corrected chi connectivity index (χ3v) is 3.79. The fourth-order valence-electron chi connectivity index (χ4n) is 1.67. The van der Waals surface area contributed by atoms with Crippen LogP contribution in [-0.4, -0.2) is 15.0 Å². The second-order valence-corrected chi connectivity index (χ2v) is 5.70. The minimum atomic E-state index is -4.59. The highest BCUT2D eigenvalue weighted by atomic mass is 127. The number of halogens is 5. The van der Waals surface area contributed by atoms with E-state index < -0.39 is 28.1 Å². The first-order chi connectivity index (χ1) is 10.1. The van der Waals surface area contributed by atoms with E-state index >= 15 is 0 Å². The van der Waals surface area contributed by atoms with Gasteiger partial charge in [-0.2, -0.15) is 13.2 Å². The normalized spacial score (nSPS) is 11.5. The summed E-state index contributed by atoms with van der Waals surface area (Å²) in [5, 5.41) is 20.2. The summed E-state index contributed by atoms with van der Waals surface area (Å²) < 4.78 is 37.9. The van der Waals surface area contributed by atoms with Crippen molar-refractivity contribution in [2.45, 2.75) is 6.18 Å². The summed E-state index contributed by atoms with van der Waals surface area (Å²) in [6, 6.07) is 3.03. The van der Waals surface area contributed by atoms with Gasteiger partial charge in [0.05, 0.1) is 24.8 Å². The van der Waals surface area contributed by atoms with Gasteiger partial charge in [-0.25, -0.2) is 0 Å². The van der Waals surface area contributed by atoms with Gasteiger partial charge in [-0.15, -0.1) is 0 Å². The lowest BCUT2D eigenvalue weighted by Gasteiger charge is -2.10. The number of phenolic OH excluding ortho intramolecular Hbond substituents is 1. The number of hydrogen-bond donors (Lipinski definition) is 1. The topological polar surface area (TPSA) is 76.3 Å². The summed E-state index contributed by atoms with van der Waals surface area (Å²) >= 11 is 7.46. The molecule has 0 spiro atoms. The molecule has 1 heterocycles. The molecule has 116 valence electrons. The number of nitrogens with zero attached hydrogens (tertiary/aromatic N) is 2. The van der Waals surface area contributed by atoms with Crippen LogP contribution in [0, 0.1) is 13.7 Å². The molecule has 0 radical (unpaired) electrons. The highest BCUT2D eigenvalue weighted by Crippen LogP contribution is 2.39. The minimum Gasteiger partial charge on any atom is -0.501 e. The predicted molar refractivity (Wildman–Crippen MR) is 80.7 cm³/mol. The van der Waals surface area contributed by atoms with Crippen LogP contribution in [0.1, 0.15) is 5.56 Å². The van der Waals surface area contributed by atoms with Crippen molar-refractivity contribution in [3.63, 3.8) is 0 Å². The van der Waals surface area contributed by atoms with E-state index in [0.29, 0.717) is 12.3 Å². The number of aromatic hydroxyl groups is 1. The summed E-state index contributed by atoms with van der Waals surface area (Å²) in [5.74, 6) is -0.530. The quantitative estimate of drug-likeness (QED) is 0.416. The molecule has 1 N–H and O–H groups in total. The maximum absolute atomic E-state index is 12.6. The molecule has 0 unspecified atom stereocenters. The number of rotatable bonds is 2. The molecule has 0 saturated carbocycles. The molecular weight excluding hydrogens is 439 g/mol. The van der Waals surface area contributed by atoms with Crippen LogP contribution in [0.5, 0.6) is 5.75 Å². The number of phenols is 1. The lowest BCUT2D eigenvalue weighted by molar-refractivity contribution is -0.385. The van der Waals surface area contributed by atoms with E-state index in [1.165, 1.54) is 6.07 Å². The summed E-state index contributed by atoms with van der Waals surface area (Å²) in [7, 11) is 0. The van der Waals surface area contributed by atoms with Crippen molar-refractivity contribution < 1.29 is 23.2 Å². The number of hydrogen-bond acceptors (Lipinski definition) is 4. The third kappa shape index (κ3) is 3.24. The lowest BCUT2D eigenvalue weighted by Crippen LogP contribution is -2.06. The van der Waals surface area contributed by atoms with E-state index in [1.54, 1.807) is 22.6 Å². The molecule has 0 amide bonds. The van der Waals surface area contributed by atoms with Gasteiger partial charge < -0.3 is 5.11 Å². The molecule has 2 rings (SSSR count). The van der Waals surface area contributed by atoms with E-state index in [2.05, 4.69) is 4.98 Å². The van der Waals surface area contributed by atoms with E-state index in [9.17, 15) is 28.4 Å². The van der Waals surface area contributed by atoms with Crippen LogP contribution in [0.3, 0.4) is 0 Å². The van der Waals surface area contributed by atoms with Crippen LogP contribution in [-0.2, 0) is 6.18 Å². The van der Waals surface area contributed by atoms with Crippen LogP contribution >= 0.6 is 34.2 Å². The summed E-state index contributed by atoms with van der Waals surface area (Å²) in [5.41, 5.74) is -1.52. The van der Waals surface area contributed by atoms with Gasteiger partial charge >= 0.3 is 11.9 Å². The van der Waals surface area contributed by atoms with Gasteiger partial charge in [-0.3, -0.25) is 15.1 Å². The Morgan fingerprint density at radius 3 is 2.45 bits per heavy atom. The minimum absolute atomic E-state index is 0.0457. The van der Waals surface area contributed by atoms with Crippen LogP contribution in [0.4, 0.5) is 18.9 Å². The molecule has 0 aliphatic heterocycles. The molecule has 1 aromatic carbocycles. The maximum atomic E-state index is 12.6. The van der Waals surface area contributed by atoms with Crippen molar-refractivity contribution in [1.82, 2.24) is 4.98 Å². The summed E-state index contributed by atoms with van der Waals surface area (Å²) in [4.78, 5) is 13.7. The number of alkyl halides is 3. The Hall–Kier alpha value is -1.62. The van der Waals surface area contributed by atoms with Crippen molar-refractivity contribution in [3.8, 4) is 17.0 Å². The first-order valence-electron chi connectivity index (χ1n) is 5.51. The van der Waals surface area contributed by atoms with Crippen molar-refractivity contribution in [2.75, 3.05) is 0 Å². The molecule has 0 bridgehead atoms. The van der Waals surface area contributed by atoms with Crippen LogP contribution in [0.2, 0.25) is 5.02 Å². The first kappa shape index (κ1) is 16.7. The third-order valence-electron chi connectivity index (χ3n) is 2.68. The number of pyridine rings is 1. The maximum Gasteiger partial charge on any atom is 0.417 e. The Labute approximate surface area is 140 Å². The molecule has 0 aliphatic rings. The zero-order chi connectivity index (χ0) is 16.7. The Morgan fingerprint density at radius 2 is 1.95 bits per heavy atom. The first-order valence-corrected chi connectivity index (χ1v) is 6.97. The van der Waals surface area contributed by atoms with Crippen LogP contribution in [0.25, 0.3) is 11.3 Å². The molecule has 0 aliphatic carbocycles. The lowest BCUT2D eigenvalue weighted by atomic mass is 10.1. The van der Waals surface area contributed by atoms with Gasteiger partial charge in [-0.05, 0) is 34.7 Å². The Balaban J connectivity index is 2.60. The molecule has 2 aromatic rings. The zero-order valence-electron chi connectivity index (χ0n) is 10.4. The monoisotopic (exact) mass is 444 g/mol. The van der Waals surface area contributed by atoms with Gasteiger partial charge in [0.1, 0.15) is 0 Å². The zero-order valence-corrected chi connectivity index (χ0v) is 13.3. The van der Waals surface area contributed by atoms with E-state index in [-0.39, 0.29) is 19.9 Å². The van der Waals surface area contributed by atoms with Crippen molar-refractivity contribution in [1.29, 1.82) is 0 Å². The SMILES string of the molecule is O=[N+]([O-])c1cc(-c2ncc(C(F)(F)F)cc2Cl)cc(I)c1O. The van der Waals surface area contributed by atoms with Crippen molar-refractivity contribution >= 4 is 39.9 Å². The van der Waals surface area contributed by atoms with Crippen molar-refractivity contribution in [2.24, 2.45) is 0 Å². The average Bonchev–Trinajstić information content (AvgIpc) is 2.40. The van der Waals surface area contributed by atoms with E-state index in [1.807, 2.05) is 0 Å². The molecule has 0 fully saturated rings. The molecular formula is C12H5ClF3IN2O3. The number of nitro benzene ring substituents is 1. The second kappa shape index (κ2) is 5.88. The molecule has 1 aromatic heterocycles. The number of aromatic nitrogens is 1. The highest BCUT2D eigenvalue weighted by molar-refractivity contribution is 14.1. The highest BCUT2D eigenvalue weighted by Gasteiger charge is 2.32. The average molecular weight is 445 g/mol. The van der Waals surface area contributed by atoms with Crippen LogP contribution < -0.4 is 0 Å². The fraction of sp³-hybridized carbons (Fsp3) is 0.0833. The van der Waals surface area contributed by atoms with Gasteiger partial charge in [0, 0.05) is 17.8 Å². The fourth-order valence-corrected chi connectivity index (χ4v) is 2.55. The summed E-state index contributed by atoms with van der Waals surface area (Å²) in [6.07, 6.45) is -4.00. The molecule has 0 saturated heterocycles. The Kier molecular flexibility index (Phi) is 4.47. The molecule has 5 nitrogen and oxygen atoms in total. The van der Waals surface area contributed by atoms with Gasteiger partial charge in [0.15, 0.2) is 0 Å². The summed E-state index contributed by atoms with van der Waals surface area (Å²) in [6.45, 7) is 0. The van der Waals surface area contributed by atoms with Gasteiger partial charge in [-0.1, -0.05) is 11.6 Å². The van der Waals surface area contributed by atoms with E-state index in [4.69, 9.17) is 11.6 Å². The molecule has 0 atom stereocenters. The molecule has 10 heteroatoms.